The summed E-state index contributed by atoms with van der Waals surface area (Å²) in [6.07, 6.45) is 2.01. The minimum Gasteiger partial charge on any atom is -0.356 e. The van der Waals surface area contributed by atoms with E-state index in [0.717, 1.165) is 31.7 Å². The van der Waals surface area contributed by atoms with Gasteiger partial charge in [-0.05, 0) is 37.1 Å². The molecule has 0 fully saturated rings. The number of thioether (sulfide) groups is 1. The van der Waals surface area contributed by atoms with E-state index in [1.165, 1.54) is 36.0 Å². The molecule has 0 spiro atoms. The zero-order valence-electron chi connectivity index (χ0n) is 14.8. The second-order valence-electron chi connectivity index (χ2n) is 5.66. The number of hydrogen-bond donors (Lipinski definition) is 1. The highest BCUT2D eigenvalue weighted by molar-refractivity contribution is 7.99. The largest absolute Gasteiger partial charge is 0.356 e. The number of anilines is 2. The molecule has 140 valence electrons. The molecule has 1 aromatic heterocycles. The first kappa shape index (κ1) is 20.5. The molecule has 0 saturated carbocycles. The van der Waals surface area contributed by atoms with Crippen molar-refractivity contribution in [2.75, 3.05) is 29.1 Å². The van der Waals surface area contributed by atoms with Gasteiger partial charge in [0, 0.05) is 24.8 Å². The summed E-state index contributed by atoms with van der Waals surface area (Å²) in [7, 11) is 0. The van der Waals surface area contributed by atoms with E-state index in [1.807, 2.05) is 0 Å². The van der Waals surface area contributed by atoms with Crippen LogP contribution < -0.4 is 10.2 Å². The van der Waals surface area contributed by atoms with Gasteiger partial charge in [0.05, 0.1) is 5.75 Å². The Labute approximate surface area is 162 Å². The lowest BCUT2D eigenvalue weighted by Gasteiger charge is -2.22. The van der Waals surface area contributed by atoms with Crippen molar-refractivity contribution in [2.24, 2.45) is 0 Å². The molecule has 5 nitrogen and oxygen atoms in total. The van der Waals surface area contributed by atoms with Crippen molar-refractivity contribution in [3.63, 3.8) is 0 Å². The standard InChI is InChI=1S/C18H22ClFN4OS/c1-3-9-24(10-4-2)16-11-15(19)22-18(23-16)26-12-17(25)21-14-7-5-13(20)6-8-14/h5-8,11H,3-4,9-10,12H2,1-2H3,(H,21,25). The number of benzene rings is 1. The van der Waals surface area contributed by atoms with E-state index in [0.29, 0.717) is 16.0 Å². The highest BCUT2D eigenvalue weighted by Gasteiger charge is 2.12. The summed E-state index contributed by atoms with van der Waals surface area (Å²) in [6, 6.07) is 7.37. The number of carbonyl (C=O) groups is 1. The zero-order chi connectivity index (χ0) is 18.9. The Balaban J connectivity index is 1.99. The van der Waals surface area contributed by atoms with Crippen LogP contribution in [0.25, 0.3) is 0 Å². The van der Waals surface area contributed by atoms with Crippen LogP contribution in [-0.4, -0.2) is 34.7 Å². The van der Waals surface area contributed by atoms with E-state index in [-0.39, 0.29) is 17.5 Å². The number of hydrogen-bond acceptors (Lipinski definition) is 5. The van der Waals surface area contributed by atoms with Crippen molar-refractivity contribution in [2.45, 2.75) is 31.8 Å². The van der Waals surface area contributed by atoms with Crippen LogP contribution >= 0.6 is 23.4 Å². The van der Waals surface area contributed by atoms with Gasteiger partial charge in [-0.1, -0.05) is 37.2 Å². The van der Waals surface area contributed by atoms with Gasteiger partial charge in [0.1, 0.15) is 16.8 Å². The number of aromatic nitrogens is 2. The van der Waals surface area contributed by atoms with Gasteiger partial charge in [0.25, 0.3) is 0 Å². The second-order valence-corrected chi connectivity index (χ2v) is 6.99. The maximum atomic E-state index is 12.9. The molecular formula is C18H22ClFN4OS. The molecule has 1 heterocycles. The number of halogens is 2. The summed E-state index contributed by atoms with van der Waals surface area (Å²) in [6.45, 7) is 5.99. The van der Waals surface area contributed by atoms with Gasteiger partial charge in [-0.15, -0.1) is 0 Å². The molecule has 0 aliphatic rings. The second kappa shape index (κ2) is 10.3. The maximum Gasteiger partial charge on any atom is 0.234 e. The van der Waals surface area contributed by atoms with Crippen molar-refractivity contribution in [1.29, 1.82) is 0 Å². The minimum atomic E-state index is -0.346. The van der Waals surface area contributed by atoms with Gasteiger partial charge in [-0.25, -0.2) is 14.4 Å². The van der Waals surface area contributed by atoms with Crippen LogP contribution in [0.3, 0.4) is 0 Å². The zero-order valence-corrected chi connectivity index (χ0v) is 16.4. The molecule has 0 bridgehead atoms. The first-order valence-corrected chi connectivity index (χ1v) is 9.86. The van der Waals surface area contributed by atoms with Gasteiger partial charge < -0.3 is 10.2 Å². The van der Waals surface area contributed by atoms with Crippen LogP contribution in [0.2, 0.25) is 5.15 Å². The number of carbonyl (C=O) groups excluding carboxylic acids is 1. The lowest BCUT2D eigenvalue weighted by Crippen LogP contribution is -2.26. The smallest absolute Gasteiger partial charge is 0.234 e. The van der Waals surface area contributed by atoms with Crippen molar-refractivity contribution in [3.05, 3.63) is 41.3 Å². The molecule has 2 rings (SSSR count). The van der Waals surface area contributed by atoms with E-state index in [4.69, 9.17) is 11.6 Å². The molecule has 0 saturated heterocycles. The number of rotatable bonds is 9. The first-order valence-electron chi connectivity index (χ1n) is 8.49. The minimum absolute atomic E-state index is 0.138. The lowest BCUT2D eigenvalue weighted by molar-refractivity contribution is -0.113. The predicted octanol–water partition coefficient (Wildman–Crippen LogP) is 4.63. The van der Waals surface area contributed by atoms with Crippen LogP contribution in [0.4, 0.5) is 15.9 Å². The van der Waals surface area contributed by atoms with E-state index in [9.17, 15) is 9.18 Å². The summed E-state index contributed by atoms with van der Waals surface area (Å²) in [5.74, 6) is 0.348. The normalized spacial score (nSPS) is 10.6. The summed E-state index contributed by atoms with van der Waals surface area (Å²) in [4.78, 5) is 22.9. The third-order valence-electron chi connectivity index (χ3n) is 3.43. The van der Waals surface area contributed by atoms with Crippen LogP contribution in [0.15, 0.2) is 35.5 Å². The van der Waals surface area contributed by atoms with Gasteiger partial charge >= 0.3 is 0 Å². The Morgan fingerprint density at radius 2 is 1.85 bits per heavy atom. The van der Waals surface area contributed by atoms with Crippen LogP contribution in [0.5, 0.6) is 0 Å². The Kier molecular flexibility index (Phi) is 8.12. The molecule has 0 atom stereocenters. The fourth-order valence-electron chi connectivity index (χ4n) is 2.35. The quantitative estimate of drug-likeness (QED) is 0.380. The van der Waals surface area contributed by atoms with Gasteiger partial charge in [0.15, 0.2) is 5.16 Å². The fourth-order valence-corrected chi connectivity index (χ4v) is 3.23. The molecule has 0 aliphatic carbocycles. The molecule has 1 amide bonds. The van der Waals surface area contributed by atoms with Crippen molar-refractivity contribution in [3.8, 4) is 0 Å². The van der Waals surface area contributed by atoms with Gasteiger partial charge in [-0.3, -0.25) is 4.79 Å². The SMILES string of the molecule is CCCN(CCC)c1cc(Cl)nc(SCC(=O)Nc2ccc(F)cc2)n1. The molecule has 1 aromatic carbocycles. The Morgan fingerprint density at radius 1 is 1.19 bits per heavy atom. The number of amides is 1. The lowest BCUT2D eigenvalue weighted by atomic mass is 10.3. The molecule has 8 heteroatoms. The van der Waals surface area contributed by atoms with E-state index < -0.39 is 0 Å². The monoisotopic (exact) mass is 396 g/mol. The predicted molar refractivity (Wildman–Crippen MR) is 106 cm³/mol. The fraction of sp³-hybridized carbons (Fsp3) is 0.389. The highest BCUT2D eigenvalue weighted by atomic mass is 35.5. The third-order valence-corrected chi connectivity index (χ3v) is 4.47. The number of nitrogens with one attached hydrogen (secondary N) is 1. The summed E-state index contributed by atoms with van der Waals surface area (Å²) in [5, 5.41) is 3.52. The van der Waals surface area contributed by atoms with Crippen molar-refractivity contribution >= 4 is 40.8 Å². The summed E-state index contributed by atoms with van der Waals surface area (Å²) >= 11 is 7.34. The molecule has 1 N–H and O–H groups in total. The Morgan fingerprint density at radius 3 is 2.46 bits per heavy atom. The first-order chi connectivity index (χ1) is 12.5. The average Bonchev–Trinajstić information content (AvgIpc) is 2.61. The molecule has 0 radical (unpaired) electrons. The van der Waals surface area contributed by atoms with Gasteiger partial charge in [-0.2, -0.15) is 0 Å². The van der Waals surface area contributed by atoms with E-state index in [1.54, 1.807) is 6.07 Å². The van der Waals surface area contributed by atoms with Crippen LogP contribution in [0, 0.1) is 5.82 Å². The maximum absolute atomic E-state index is 12.9. The topological polar surface area (TPSA) is 58.1 Å². The Bertz CT molecular complexity index is 724. The Hall–Kier alpha value is -1.86. The molecule has 0 unspecified atom stereocenters. The van der Waals surface area contributed by atoms with Crippen LogP contribution in [-0.2, 0) is 4.79 Å². The van der Waals surface area contributed by atoms with E-state index >= 15 is 0 Å². The summed E-state index contributed by atoms with van der Waals surface area (Å²) in [5.41, 5.74) is 0.543. The molecular weight excluding hydrogens is 375 g/mol. The van der Waals surface area contributed by atoms with Crippen molar-refractivity contribution in [1.82, 2.24) is 9.97 Å². The average molecular weight is 397 g/mol. The van der Waals surface area contributed by atoms with Crippen LogP contribution in [0.1, 0.15) is 26.7 Å². The third kappa shape index (κ3) is 6.46. The molecule has 0 aliphatic heterocycles. The highest BCUT2D eigenvalue weighted by Crippen LogP contribution is 2.22. The van der Waals surface area contributed by atoms with E-state index in [2.05, 4.69) is 34.0 Å². The van der Waals surface area contributed by atoms with Gasteiger partial charge in [0.2, 0.25) is 5.91 Å². The molecule has 26 heavy (non-hydrogen) atoms. The van der Waals surface area contributed by atoms with Crippen molar-refractivity contribution < 1.29 is 9.18 Å². The molecule has 2 aromatic rings. The number of nitrogens with zero attached hydrogens (tertiary/aromatic N) is 3. The summed E-state index contributed by atoms with van der Waals surface area (Å²) < 4.78 is 12.9.